The van der Waals surface area contributed by atoms with Crippen molar-refractivity contribution in [3.63, 3.8) is 0 Å². The van der Waals surface area contributed by atoms with Gasteiger partial charge in [0.2, 0.25) is 12.6 Å². The molecule has 322 valence electrons. The molecule has 0 spiro atoms. The lowest BCUT2D eigenvalue weighted by Crippen LogP contribution is -2.65. The van der Waals surface area contributed by atoms with E-state index in [1.165, 1.54) is 13.2 Å². The van der Waals surface area contributed by atoms with Crippen molar-refractivity contribution in [1.82, 2.24) is 0 Å². The van der Waals surface area contributed by atoms with Crippen molar-refractivity contribution in [2.75, 3.05) is 13.2 Å². The van der Waals surface area contributed by atoms with Crippen LogP contribution in [0.2, 0.25) is 0 Å². The van der Waals surface area contributed by atoms with E-state index in [4.69, 9.17) is 42.6 Å². The van der Waals surface area contributed by atoms with Gasteiger partial charge in [-0.2, -0.15) is 0 Å². The number of carbonyl (C=O) groups excluding carboxylic acids is 6. The Labute approximate surface area is 336 Å². The van der Waals surface area contributed by atoms with Gasteiger partial charge in [-0.25, -0.2) is 0 Å². The highest BCUT2D eigenvalue weighted by molar-refractivity contribution is 5.78. The second-order valence-corrected chi connectivity index (χ2v) is 20.0. The largest absolute Gasteiger partial charge is 0.472 e. The van der Waals surface area contributed by atoms with Crippen molar-refractivity contribution in [3.8, 4) is 0 Å². The number of hydrogen-bond donors (Lipinski definition) is 0. The highest BCUT2D eigenvalue weighted by Gasteiger charge is 2.57. The van der Waals surface area contributed by atoms with Gasteiger partial charge in [0.1, 0.15) is 25.4 Å². The van der Waals surface area contributed by atoms with E-state index in [1.807, 2.05) is 0 Å². The van der Waals surface area contributed by atoms with Crippen LogP contribution in [0.4, 0.5) is 0 Å². The fourth-order valence-corrected chi connectivity index (χ4v) is 5.63. The van der Waals surface area contributed by atoms with Gasteiger partial charge >= 0.3 is 35.8 Å². The van der Waals surface area contributed by atoms with Crippen LogP contribution in [0.1, 0.15) is 111 Å². The fourth-order valence-electron chi connectivity index (χ4n) is 5.63. The lowest BCUT2D eigenvalue weighted by Gasteiger charge is -2.47. The molecule has 1 fully saturated rings. The highest BCUT2D eigenvalue weighted by Crippen LogP contribution is 2.44. The Morgan fingerprint density at radius 1 is 0.579 bits per heavy atom. The zero-order valence-corrected chi connectivity index (χ0v) is 36.5. The Bertz CT molecular complexity index is 1570. The molecule has 0 aromatic rings. The Morgan fingerprint density at radius 2 is 1.04 bits per heavy atom. The second kappa shape index (κ2) is 17.5. The van der Waals surface area contributed by atoms with E-state index in [-0.39, 0.29) is 6.61 Å². The summed E-state index contributed by atoms with van der Waals surface area (Å²) < 4.78 is 54.3. The molecule has 0 aromatic heterocycles. The average Bonchev–Trinajstić information content (AvgIpc) is 3.39. The smallest absolute Gasteiger partial charge is 0.311 e. The molecule has 15 nitrogen and oxygen atoms in total. The van der Waals surface area contributed by atoms with Crippen LogP contribution in [0.25, 0.3) is 0 Å². The van der Waals surface area contributed by atoms with Gasteiger partial charge in [-0.15, -0.1) is 0 Å². The number of ether oxygens (including phenoxy) is 9. The summed E-state index contributed by atoms with van der Waals surface area (Å²) in [5.74, 6) is -5.06. The molecule has 0 unspecified atom stereocenters. The minimum atomic E-state index is -1.61. The molecule has 9 atom stereocenters. The predicted molar refractivity (Wildman–Crippen MR) is 203 cm³/mol. The van der Waals surface area contributed by atoms with Crippen LogP contribution < -0.4 is 0 Å². The maximum atomic E-state index is 13.7. The Morgan fingerprint density at radius 3 is 1.51 bits per heavy atom. The fraction of sp³-hybridized carbons (Fsp3) is 0.762. The van der Waals surface area contributed by atoms with Crippen LogP contribution in [0, 0.1) is 38.9 Å². The maximum absolute atomic E-state index is 13.7. The Kier molecular flexibility index (Phi) is 14.5. The third-order valence-corrected chi connectivity index (χ3v) is 9.11. The number of hydrogen-bond acceptors (Lipinski definition) is 15. The predicted octanol–water partition coefficient (Wildman–Crippen LogP) is 5.75. The first-order chi connectivity index (χ1) is 25.8. The van der Waals surface area contributed by atoms with Crippen molar-refractivity contribution in [2.45, 2.75) is 154 Å². The molecule has 0 bridgehead atoms. The zero-order chi connectivity index (χ0) is 43.6. The summed E-state index contributed by atoms with van der Waals surface area (Å²) in [6.45, 7) is 25.4. The third kappa shape index (κ3) is 12.5. The van der Waals surface area contributed by atoms with E-state index in [1.54, 1.807) is 116 Å². The Balaban J connectivity index is 2.20. The minimum absolute atomic E-state index is 0.192. The molecule has 0 amide bonds. The van der Waals surface area contributed by atoms with Crippen LogP contribution in [0.5, 0.6) is 0 Å². The van der Waals surface area contributed by atoms with E-state index in [0.29, 0.717) is 5.57 Å². The lowest BCUT2D eigenvalue weighted by atomic mass is 9.88. The first kappa shape index (κ1) is 47.4. The molecule has 2 heterocycles. The van der Waals surface area contributed by atoms with Gasteiger partial charge in [0, 0.05) is 12.8 Å². The molecular formula is C42H64O15. The standard InChI is InChI=1S/C42H64O15/c1-22(43)52-25-19-23(20-50-33(44)38(2,3)4)27-24(25)17-18-49-31(27)57-32-30(56-37(48)42(14,15)16)29(55-36(47)41(11,12)13)28(54-35(46)40(8,9)10)26(53-32)21-51-34(45)39(5,6)7/h17-19,24-32H,20-21H2,1-16H3/t24-,25+,26+,27+,28+,29-,30+,31-,32-/m0/s1. The average molecular weight is 809 g/mol. The van der Waals surface area contributed by atoms with Gasteiger partial charge < -0.3 is 42.6 Å². The van der Waals surface area contributed by atoms with E-state index in [9.17, 15) is 28.8 Å². The summed E-state index contributed by atoms with van der Waals surface area (Å²) in [7, 11) is 0. The normalized spacial score (nSPS) is 27.9. The first-order valence-electron chi connectivity index (χ1n) is 19.3. The molecule has 3 rings (SSSR count). The van der Waals surface area contributed by atoms with Gasteiger partial charge in [-0.05, 0) is 122 Å². The van der Waals surface area contributed by atoms with Crippen LogP contribution >= 0.6 is 0 Å². The van der Waals surface area contributed by atoms with Crippen molar-refractivity contribution < 1.29 is 71.4 Å². The van der Waals surface area contributed by atoms with Gasteiger partial charge in [-0.3, -0.25) is 28.8 Å². The van der Waals surface area contributed by atoms with Crippen molar-refractivity contribution >= 4 is 35.8 Å². The number of fused-ring (bicyclic) bond motifs is 1. The van der Waals surface area contributed by atoms with Crippen LogP contribution in [-0.4, -0.2) is 92.1 Å². The van der Waals surface area contributed by atoms with Crippen LogP contribution in [0.3, 0.4) is 0 Å². The molecule has 3 aliphatic rings. The van der Waals surface area contributed by atoms with Gasteiger partial charge in [-0.1, -0.05) is 0 Å². The van der Waals surface area contributed by atoms with Crippen LogP contribution in [0.15, 0.2) is 24.0 Å². The van der Waals surface area contributed by atoms with E-state index in [2.05, 4.69) is 0 Å². The minimum Gasteiger partial charge on any atom is -0.472 e. The molecule has 1 saturated heterocycles. The van der Waals surface area contributed by atoms with E-state index >= 15 is 0 Å². The summed E-state index contributed by atoms with van der Waals surface area (Å²) in [5.41, 5.74) is -4.43. The van der Waals surface area contributed by atoms with Crippen molar-refractivity contribution in [3.05, 3.63) is 24.0 Å². The molecule has 0 aromatic carbocycles. The van der Waals surface area contributed by atoms with E-state index in [0.717, 1.165) is 0 Å². The van der Waals surface area contributed by atoms with Gasteiger partial charge in [0.05, 0.1) is 39.3 Å². The molecule has 0 radical (unpaired) electrons. The Hall–Kier alpha value is -3.98. The number of carbonyl (C=O) groups is 6. The van der Waals surface area contributed by atoms with Crippen molar-refractivity contribution in [2.24, 2.45) is 38.9 Å². The molecule has 0 N–H and O–H groups in total. The summed E-state index contributed by atoms with van der Waals surface area (Å²) in [4.78, 5) is 79.1. The summed E-state index contributed by atoms with van der Waals surface area (Å²) in [5, 5.41) is 0. The maximum Gasteiger partial charge on any atom is 0.311 e. The highest BCUT2D eigenvalue weighted by atomic mass is 16.8. The summed E-state index contributed by atoms with van der Waals surface area (Å²) in [6.07, 6.45) is -4.86. The van der Waals surface area contributed by atoms with Gasteiger partial charge in [0.15, 0.2) is 18.3 Å². The molecule has 15 heteroatoms. The van der Waals surface area contributed by atoms with Crippen molar-refractivity contribution in [1.29, 1.82) is 0 Å². The molecule has 1 aliphatic carbocycles. The molecular weight excluding hydrogens is 744 g/mol. The van der Waals surface area contributed by atoms with E-state index < -0.39 is 124 Å². The second-order valence-electron chi connectivity index (χ2n) is 20.0. The third-order valence-electron chi connectivity index (χ3n) is 9.11. The summed E-state index contributed by atoms with van der Waals surface area (Å²) >= 11 is 0. The summed E-state index contributed by atoms with van der Waals surface area (Å²) in [6, 6.07) is 0. The SMILES string of the molecule is CC(=O)O[C@@H]1C=C(COC(=O)C(C)(C)C)[C@H]2[C@H](O[C@@H]3O[C@H](COC(=O)C(C)(C)C)[C@@H](OC(=O)C(C)(C)C)[C@H](OC(=O)C(C)(C)C)[C@H]3OC(=O)C(C)(C)C)OC=C[C@H]21. The topological polar surface area (TPSA) is 185 Å². The monoisotopic (exact) mass is 808 g/mol. The number of rotatable bonds is 10. The first-order valence-corrected chi connectivity index (χ1v) is 19.3. The zero-order valence-electron chi connectivity index (χ0n) is 36.5. The molecule has 2 aliphatic heterocycles. The lowest BCUT2D eigenvalue weighted by molar-refractivity contribution is -0.344. The molecule has 57 heavy (non-hydrogen) atoms. The van der Waals surface area contributed by atoms with Crippen LogP contribution in [-0.2, 0) is 71.4 Å². The number of esters is 6. The quantitative estimate of drug-likeness (QED) is 0.147. The molecule has 0 saturated carbocycles. The van der Waals surface area contributed by atoms with Gasteiger partial charge in [0.25, 0.3) is 0 Å².